The normalized spacial score (nSPS) is 10.9. The summed E-state index contributed by atoms with van der Waals surface area (Å²) in [6.45, 7) is 6.80. The highest BCUT2D eigenvalue weighted by Gasteiger charge is 2.15. The summed E-state index contributed by atoms with van der Waals surface area (Å²) < 4.78 is 12.8. The van der Waals surface area contributed by atoms with Crippen LogP contribution in [0.1, 0.15) is 29.2 Å². The number of nitrogens with one attached hydrogen (secondary N) is 1. The Morgan fingerprint density at radius 2 is 1.82 bits per heavy atom. The van der Waals surface area contributed by atoms with E-state index in [1.807, 2.05) is 69.3 Å². The highest BCUT2D eigenvalue weighted by Crippen LogP contribution is 2.35. The fourth-order valence-electron chi connectivity index (χ4n) is 3.15. The van der Waals surface area contributed by atoms with Crippen LogP contribution in [0.3, 0.4) is 0 Å². The second-order valence-corrected chi connectivity index (χ2v) is 8.63. The molecule has 3 aromatic carbocycles. The molecule has 0 spiro atoms. The minimum absolute atomic E-state index is 0.00222. The molecular weight excluding hydrogens is 527 g/mol. The van der Waals surface area contributed by atoms with Gasteiger partial charge in [-0.05, 0) is 90.4 Å². The molecular formula is C27H25IN2O3. The molecule has 0 bridgehead atoms. The fourth-order valence-corrected chi connectivity index (χ4v) is 3.93. The van der Waals surface area contributed by atoms with Crippen LogP contribution in [0.5, 0.6) is 11.5 Å². The van der Waals surface area contributed by atoms with Gasteiger partial charge in [-0.2, -0.15) is 5.26 Å². The molecule has 0 radical (unpaired) electrons. The van der Waals surface area contributed by atoms with Gasteiger partial charge in [0.15, 0.2) is 11.5 Å². The van der Waals surface area contributed by atoms with E-state index in [0.717, 1.165) is 20.3 Å². The largest absolute Gasteiger partial charge is 0.490 e. The van der Waals surface area contributed by atoms with Crippen LogP contribution in [-0.4, -0.2) is 12.5 Å². The minimum Gasteiger partial charge on any atom is -0.490 e. The van der Waals surface area contributed by atoms with Crippen molar-refractivity contribution in [3.8, 4) is 17.6 Å². The maximum Gasteiger partial charge on any atom is 0.266 e. The van der Waals surface area contributed by atoms with Crippen molar-refractivity contribution in [3.63, 3.8) is 0 Å². The van der Waals surface area contributed by atoms with Crippen molar-refractivity contribution >= 4 is 40.3 Å². The third-order valence-corrected chi connectivity index (χ3v) is 5.75. The Morgan fingerprint density at radius 3 is 2.48 bits per heavy atom. The zero-order chi connectivity index (χ0) is 23.8. The predicted molar refractivity (Wildman–Crippen MR) is 139 cm³/mol. The number of halogens is 1. The first kappa shape index (κ1) is 24.3. The standard InChI is InChI=1S/C27H25IN2O3/c1-4-32-25-15-20(13-22(16-29)27(31)30-23-11-9-18(2)10-12-23)14-24(28)26(25)33-17-21-8-6-5-7-19(21)3/h5-15H,4,17H2,1-3H3,(H,30,31)/b22-13+. The van der Waals surface area contributed by atoms with Gasteiger partial charge in [-0.3, -0.25) is 4.79 Å². The third-order valence-electron chi connectivity index (χ3n) is 4.95. The molecule has 6 heteroatoms. The van der Waals surface area contributed by atoms with Gasteiger partial charge in [-0.1, -0.05) is 42.0 Å². The third kappa shape index (κ3) is 6.59. The van der Waals surface area contributed by atoms with Crippen LogP contribution in [0.15, 0.2) is 66.2 Å². The van der Waals surface area contributed by atoms with E-state index in [1.165, 1.54) is 0 Å². The summed E-state index contributed by atoms with van der Waals surface area (Å²) in [7, 11) is 0. The van der Waals surface area contributed by atoms with Crippen LogP contribution in [0, 0.1) is 28.7 Å². The van der Waals surface area contributed by atoms with Crippen LogP contribution in [-0.2, 0) is 11.4 Å². The van der Waals surface area contributed by atoms with E-state index < -0.39 is 5.91 Å². The Kier molecular flexibility index (Phi) is 8.50. The summed E-state index contributed by atoms with van der Waals surface area (Å²) in [5, 5.41) is 12.3. The Hall–Kier alpha value is -3.31. The number of nitrogens with zero attached hydrogens (tertiary/aromatic N) is 1. The van der Waals surface area contributed by atoms with Crippen LogP contribution >= 0.6 is 22.6 Å². The van der Waals surface area contributed by atoms with Crippen LogP contribution < -0.4 is 14.8 Å². The number of amides is 1. The summed E-state index contributed by atoms with van der Waals surface area (Å²) in [6.07, 6.45) is 1.55. The molecule has 0 heterocycles. The van der Waals surface area contributed by atoms with Crippen molar-refractivity contribution in [3.05, 3.63) is 92.1 Å². The quantitative estimate of drug-likeness (QED) is 0.199. The van der Waals surface area contributed by atoms with Crippen molar-refractivity contribution in [1.82, 2.24) is 0 Å². The number of nitriles is 1. The Balaban J connectivity index is 1.85. The molecule has 0 atom stereocenters. The van der Waals surface area contributed by atoms with E-state index in [9.17, 15) is 10.1 Å². The van der Waals surface area contributed by atoms with Gasteiger partial charge in [0.1, 0.15) is 18.2 Å². The molecule has 168 valence electrons. The molecule has 0 fully saturated rings. The summed E-state index contributed by atoms with van der Waals surface area (Å²) in [5.41, 5.74) is 4.66. The number of benzene rings is 3. The molecule has 0 saturated carbocycles. The summed E-state index contributed by atoms with van der Waals surface area (Å²) in [5.74, 6) is 0.745. The molecule has 3 rings (SSSR count). The molecule has 0 saturated heterocycles. The first-order valence-electron chi connectivity index (χ1n) is 10.5. The summed E-state index contributed by atoms with van der Waals surface area (Å²) in [6, 6.07) is 21.1. The molecule has 0 unspecified atom stereocenters. The lowest BCUT2D eigenvalue weighted by Gasteiger charge is -2.15. The zero-order valence-electron chi connectivity index (χ0n) is 18.8. The highest BCUT2D eigenvalue weighted by atomic mass is 127. The van der Waals surface area contributed by atoms with E-state index in [4.69, 9.17) is 9.47 Å². The van der Waals surface area contributed by atoms with Gasteiger partial charge < -0.3 is 14.8 Å². The minimum atomic E-state index is -0.464. The topological polar surface area (TPSA) is 71.3 Å². The Labute approximate surface area is 208 Å². The number of aryl methyl sites for hydroxylation is 2. The first-order chi connectivity index (χ1) is 15.9. The second kappa shape index (κ2) is 11.5. The molecule has 0 aromatic heterocycles. The number of anilines is 1. The molecule has 3 aromatic rings. The van der Waals surface area contributed by atoms with Crippen molar-refractivity contribution in [1.29, 1.82) is 5.26 Å². The summed E-state index contributed by atoms with van der Waals surface area (Å²) >= 11 is 2.18. The molecule has 33 heavy (non-hydrogen) atoms. The number of hydrogen-bond acceptors (Lipinski definition) is 4. The van der Waals surface area contributed by atoms with E-state index in [2.05, 4.69) is 27.9 Å². The smallest absolute Gasteiger partial charge is 0.266 e. The van der Waals surface area contributed by atoms with Crippen LogP contribution in [0.4, 0.5) is 5.69 Å². The fraction of sp³-hybridized carbons (Fsp3) is 0.185. The van der Waals surface area contributed by atoms with Gasteiger partial charge in [0.25, 0.3) is 5.91 Å². The van der Waals surface area contributed by atoms with Gasteiger partial charge in [-0.15, -0.1) is 0 Å². The first-order valence-corrected chi connectivity index (χ1v) is 11.6. The maximum absolute atomic E-state index is 12.6. The van der Waals surface area contributed by atoms with E-state index >= 15 is 0 Å². The van der Waals surface area contributed by atoms with Gasteiger partial charge >= 0.3 is 0 Å². The van der Waals surface area contributed by atoms with Crippen molar-refractivity contribution in [2.24, 2.45) is 0 Å². The number of carbonyl (C=O) groups is 1. The van der Waals surface area contributed by atoms with Crippen molar-refractivity contribution < 1.29 is 14.3 Å². The van der Waals surface area contributed by atoms with Gasteiger partial charge in [-0.25, -0.2) is 0 Å². The van der Waals surface area contributed by atoms with E-state index in [0.29, 0.717) is 36.0 Å². The number of ether oxygens (including phenoxy) is 2. The molecule has 1 N–H and O–H groups in total. The number of carbonyl (C=O) groups excluding carboxylic acids is 1. The van der Waals surface area contributed by atoms with Crippen molar-refractivity contribution in [2.45, 2.75) is 27.4 Å². The average Bonchev–Trinajstić information content (AvgIpc) is 2.79. The van der Waals surface area contributed by atoms with Gasteiger partial charge in [0.05, 0.1) is 10.2 Å². The molecule has 0 aliphatic rings. The lowest BCUT2D eigenvalue weighted by atomic mass is 10.1. The van der Waals surface area contributed by atoms with E-state index in [1.54, 1.807) is 24.3 Å². The molecule has 0 aliphatic heterocycles. The monoisotopic (exact) mass is 552 g/mol. The lowest BCUT2D eigenvalue weighted by molar-refractivity contribution is -0.112. The Bertz CT molecular complexity index is 1210. The summed E-state index contributed by atoms with van der Waals surface area (Å²) in [4.78, 5) is 12.6. The second-order valence-electron chi connectivity index (χ2n) is 7.47. The highest BCUT2D eigenvalue weighted by molar-refractivity contribution is 14.1. The van der Waals surface area contributed by atoms with Crippen molar-refractivity contribution in [2.75, 3.05) is 11.9 Å². The maximum atomic E-state index is 12.6. The predicted octanol–water partition coefficient (Wildman–Crippen LogP) is 6.43. The zero-order valence-corrected chi connectivity index (χ0v) is 21.0. The van der Waals surface area contributed by atoms with Crippen LogP contribution in [0.2, 0.25) is 0 Å². The molecule has 0 aliphatic carbocycles. The SMILES string of the molecule is CCOc1cc(/C=C(\C#N)C(=O)Nc2ccc(C)cc2)cc(I)c1OCc1ccccc1C. The number of rotatable bonds is 8. The average molecular weight is 552 g/mol. The van der Waals surface area contributed by atoms with Gasteiger partial charge in [0.2, 0.25) is 0 Å². The molecule has 5 nitrogen and oxygen atoms in total. The van der Waals surface area contributed by atoms with Crippen LogP contribution in [0.25, 0.3) is 6.08 Å². The Morgan fingerprint density at radius 1 is 1.09 bits per heavy atom. The van der Waals surface area contributed by atoms with E-state index in [-0.39, 0.29) is 5.57 Å². The molecule has 1 amide bonds. The number of hydrogen-bond donors (Lipinski definition) is 1. The van der Waals surface area contributed by atoms with Gasteiger partial charge in [0, 0.05) is 5.69 Å². The lowest BCUT2D eigenvalue weighted by Crippen LogP contribution is -2.13.